The molecule has 0 spiro atoms. The highest BCUT2D eigenvalue weighted by atomic mass is 16.6. The fourth-order valence-electron chi connectivity index (χ4n) is 2.54. The van der Waals surface area contributed by atoms with Crippen LogP contribution in [0.1, 0.15) is 39.3 Å². The molecular weight excluding hydrogens is 322 g/mol. The average molecular weight is 351 g/mol. The third-order valence-electron chi connectivity index (χ3n) is 4.01. The van der Waals surface area contributed by atoms with Crippen molar-refractivity contribution in [2.24, 2.45) is 4.99 Å². The number of aliphatic imine (C=N–C) groups is 1. The zero-order valence-corrected chi connectivity index (χ0v) is 15.8. The maximum atomic E-state index is 11.8. The molecular formula is C17H29N5O3. The van der Waals surface area contributed by atoms with E-state index in [1.165, 1.54) is 0 Å². The Bertz CT molecular complexity index is 598. The Balaban J connectivity index is 1.85. The van der Waals surface area contributed by atoms with Gasteiger partial charge in [0.25, 0.3) is 0 Å². The van der Waals surface area contributed by atoms with Gasteiger partial charge in [-0.05, 0) is 6.92 Å². The molecule has 1 aliphatic rings. The Morgan fingerprint density at radius 3 is 2.48 bits per heavy atom. The molecule has 8 nitrogen and oxygen atoms in total. The van der Waals surface area contributed by atoms with Crippen LogP contribution in [0.25, 0.3) is 0 Å². The number of hydrogen-bond donors (Lipinski definition) is 1. The lowest BCUT2D eigenvalue weighted by Gasteiger charge is -2.35. The second kappa shape index (κ2) is 8.22. The first kappa shape index (κ1) is 19.1. The van der Waals surface area contributed by atoms with Crippen LogP contribution in [0.5, 0.6) is 0 Å². The number of carbonyl (C=O) groups excluding carboxylic acids is 1. The number of rotatable bonds is 3. The van der Waals surface area contributed by atoms with Crippen molar-refractivity contribution in [3.8, 4) is 0 Å². The Morgan fingerprint density at radius 1 is 1.32 bits per heavy atom. The molecule has 140 valence electrons. The normalized spacial score (nSPS) is 16.1. The highest BCUT2D eigenvalue weighted by Gasteiger charge is 2.24. The molecule has 1 aromatic rings. The number of oxazole rings is 1. The monoisotopic (exact) mass is 351 g/mol. The van der Waals surface area contributed by atoms with Gasteiger partial charge in [0, 0.05) is 38.6 Å². The van der Waals surface area contributed by atoms with Crippen LogP contribution >= 0.6 is 0 Å². The SMILES string of the molecule is CCOC(=O)N1CCN(C(=NC)NCc2ncc(C(C)(C)C)o2)CC1. The summed E-state index contributed by atoms with van der Waals surface area (Å²) in [5.74, 6) is 2.28. The predicted molar refractivity (Wildman–Crippen MR) is 95.6 cm³/mol. The van der Waals surface area contributed by atoms with E-state index in [2.05, 4.69) is 41.0 Å². The Morgan fingerprint density at radius 2 is 1.96 bits per heavy atom. The van der Waals surface area contributed by atoms with E-state index in [-0.39, 0.29) is 11.5 Å². The van der Waals surface area contributed by atoms with E-state index >= 15 is 0 Å². The number of carbonyl (C=O) groups is 1. The lowest BCUT2D eigenvalue weighted by molar-refractivity contribution is 0.0914. The summed E-state index contributed by atoms with van der Waals surface area (Å²) >= 11 is 0. The number of amides is 1. The molecule has 25 heavy (non-hydrogen) atoms. The number of piperazine rings is 1. The molecule has 0 atom stereocenters. The molecule has 1 amide bonds. The zero-order chi connectivity index (χ0) is 18.4. The van der Waals surface area contributed by atoms with Crippen LogP contribution in [0, 0.1) is 0 Å². The quantitative estimate of drug-likeness (QED) is 0.661. The van der Waals surface area contributed by atoms with Gasteiger partial charge in [0.15, 0.2) is 5.96 Å². The van der Waals surface area contributed by atoms with Gasteiger partial charge in [0.05, 0.1) is 19.3 Å². The smallest absolute Gasteiger partial charge is 0.409 e. The van der Waals surface area contributed by atoms with Crippen LogP contribution in [-0.2, 0) is 16.7 Å². The van der Waals surface area contributed by atoms with Gasteiger partial charge in [-0.1, -0.05) is 20.8 Å². The second-order valence-electron chi connectivity index (χ2n) is 6.94. The number of nitrogens with one attached hydrogen (secondary N) is 1. The molecule has 1 saturated heterocycles. The minimum absolute atomic E-state index is 0.0592. The van der Waals surface area contributed by atoms with Gasteiger partial charge < -0.3 is 24.3 Å². The summed E-state index contributed by atoms with van der Waals surface area (Å²) < 4.78 is 10.8. The topological polar surface area (TPSA) is 83.2 Å². The fourth-order valence-corrected chi connectivity index (χ4v) is 2.54. The van der Waals surface area contributed by atoms with Crippen LogP contribution in [0.3, 0.4) is 0 Å². The van der Waals surface area contributed by atoms with E-state index in [0.717, 1.165) is 11.7 Å². The van der Waals surface area contributed by atoms with Gasteiger partial charge in [-0.25, -0.2) is 9.78 Å². The third-order valence-corrected chi connectivity index (χ3v) is 4.01. The van der Waals surface area contributed by atoms with Gasteiger partial charge in [-0.3, -0.25) is 4.99 Å². The van der Waals surface area contributed by atoms with Crippen molar-refractivity contribution in [3.63, 3.8) is 0 Å². The molecule has 1 N–H and O–H groups in total. The van der Waals surface area contributed by atoms with Gasteiger partial charge >= 0.3 is 6.09 Å². The van der Waals surface area contributed by atoms with Crippen molar-refractivity contribution < 1.29 is 13.9 Å². The van der Waals surface area contributed by atoms with Crippen molar-refractivity contribution >= 4 is 12.1 Å². The fraction of sp³-hybridized carbons (Fsp3) is 0.706. The summed E-state index contributed by atoms with van der Waals surface area (Å²) in [6.45, 7) is 11.6. The Hall–Kier alpha value is -2.25. The van der Waals surface area contributed by atoms with Crippen LogP contribution in [0.15, 0.2) is 15.6 Å². The van der Waals surface area contributed by atoms with Crippen molar-refractivity contribution in [3.05, 3.63) is 17.8 Å². The molecule has 0 bridgehead atoms. The number of hydrogen-bond acceptors (Lipinski definition) is 5. The molecule has 0 unspecified atom stereocenters. The third kappa shape index (κ3) is 5.11. The Labute approximate surface area is 149 Å². The molecule has 1 aromatic heterocycles. The first-order valence-electron chi connectivity index (χ1n) is 8.67. The van der Waals surface area contributed by atoms with E-state index < -0.39 is 0 Å². The van der Waals surface area contributed by atoms with Gasteiger partial charge in [0.2, 0.25) is 5.89 Å². The van der Waals surface area contributed by atoms with Gasteiger partial charge in [-0.15, -0.1) is 0 Å². The first-order valence-corrected chi connectivity index (χ1v) is 8.67. The van der Waals surface area contributed by atoms with Gasteiger partial charge in [0.1, 0.15) is 5.76 Å². The number of ether oxygens (including phenoxy) is 1. The van der Waals surface area contributed by atoms with Crippen molar-refractivity contribution in [2.75, 3.05) is 39.8 Å². The van der Waals surface area contributed by atoms with Crippen molar-refractivity contribution in [1.29, 1.82) is 0 Å². The second-order valence-corrected chi connectivity index (χ2v) is 6.94. The van der Waals surface area contributed by atoms with Crippen molar-refractivity contribution in [1.82, 2.24) is 20.1 Å². The molecule has 0 saturated carbocycles. The molecule has 1 aliphatic heterocycles. The molecule has 8 heteroatoms. The van der Waals surface area contributed by atoms with Crippen LogP contribution in [0.2, 0.25) is 0 Å². The van der Waals surface area contributed by atoms with Crippen molar-refractivity contribution in [2.45, 2.75) is 39.7 Å². The summed E-state index contributed by atoms with van der Waals surface area (Å²) in [4.78, 5) is 24.2. The van der Waals surface area contributed by atoms with Crippen LogP contribution < -0.4 is 5.32 Å². The van der Waals surface area contributed by atoms with E-state index in [9.17, 15) is 4.79 Å². The standard InChI is InChI=1S/C17H29N5O3/c1-6-24-16(23)22-9-7-21(8-10-22)15(18-5)20-12-14-19-11-13(25-14)17(2,3)4/h11H,6-10,12H2,1-5H3,(H,18,20). The predicted octanol–water partition coefficient (Wildman–Crippen LogP) is 1.82. The zero-order valence-electron chi connectivity index (χ0n) is 15.8. The minimum atomic E-state index is -0.250. The summed E-state index contributed by atoms with van der Waals surface area (Å²) in [6, 6.07) is 0. The minimum Gasteiger partial charge on any atom is -0.450 e. The average Bonchev–Trinajstić information content (AvgIpc) is 3.05. The molecule has 1 fully saturated rings. The van der Waals surface area contributed by atoms with Crippen LogP contribution in [-0.4, -0.2) is 66.7 Å². The molecule has 2 rings (SSSR count). The summed E-state index contributed by atoms with van der Waals surface area (Å²) in [6.07, 6.45) is 1.53. The largest absolute Gasteiger partial charge is 0.450 e. The highest BCUT2D eigenvalue weighted by molar-refractivity contribution is 5.80. The van der Waals surface area contributed by atoms with E-state index in [4.69, 9.17) is 9.15 Å². The molecule has 0 aliphatic carbocycles. The maximum Gasteiger partial charge on any atom is 0.409 e. The first-order chi connectivity index (χ1) is 11.8. The molecule has 0 radical (unpaired) electrons. The maximum absolute atomic E-state index is 11.8. The lowest BCUT2D eigenvalue weighted by atomic mass is 9.94. The van der Waals surface area contributed by atoms with E-state index in [0.29, 0.717) is 45.2 Å². The molecule has 0 aromatic carbocycles. The summed E-state index contributed by atoms with van der Waals surface area (Å²) in [5.41, 5.74) is -0.0592. The van der Waals surface area contributed by atoms with E-state index in [1.807, 2.05) is 6.92 Å². The molecule has 2 heterocycles. The summed E-state index contributed by atoms with van der Waals surface area (Å²) in [5, 5.41) is 3.27. The summed E-state index contributed by atoms with van der Waals surface area (Å²) in [7, 11) is 1.75. The van der Waals surface area contributed by atoms with E-state index in [1.54, 1.807) is 18.1 Å². The van der Waals surface area contributed by atoms with Gasteiger partial charge in [-0.2, -0.15) is 0 Å². The van der Waals surface area contributed by atoms with Crippen LogP contribution in [0.4, 0.5) is 4.79 Å². The Kier molecular flexibility index (Phi) is 6.27. The lowest BCUT2D eigenvalue weighted by Crippen LogP contribution is -2.53. The highest BCUT2D eigenvalue weighted by Crippen LogP contribution is 2.22. The number of nitrogens with zero attached hydrogens (tertiary/aromatic N) is 4. The number of aromatic nitrogens is 1. The number of guanidine groups is 1.